The first kappa shape index (κ1) is 22.9. The molecule has 0 aliphatic heterocycles. The third-order valence-corrected chi connectivity index (χ3v) is 4.91. The van der Waals surface area contributed by atoms with Gasteiger partial charge in [0.25, 0.3) is 11.8 Å². The number of aromatic nitrogens is 1. The number of H-pyrrole nitrogens is 1. The summed E-state index contributed by atoms with van der Waals surface area (Å²) >= 11 is 0. The molecule has 1 unspecified atom stereocenters. The number of hydrazine groups is 1. The summed E-state index contributed by atoms with van der Waals surface area (Å²) < 4.78 is 10.9. The van der Waals surface area contributed by atoms with Crippen LogP contribution in [0.4, 0.5) is 0 Å². The summed E-state index contributed by atoms with van der Waals surface area (Å²) in [5.41, 5.74) is 6.14. The van der Waals surface area contributed by atoms with Gasteiger partial charge in [0.2, 0.25) is 0 Å². The Kier molecular flexibility index (Phi) is 6.82. The first-order valence-electron chi connectivity index (χ1n) is 10.3. The minimum atomic E-state index is -0.848. The molecule has 0 saturated carbocycles. The number of nitrogens with one attached hydrogen (secondary N) is 3. The fourth-order valence-electron chi connectivity index (χ4n) is 3.34. The minimum absolute atomic E-state index is 0.168. The van der Waals surface area contributed by atoms with Crippen molar-refractivity contribution in [3.05, 3.63) is 65.0 Å². The zero-order valence-corrected chi connectivity index (χ0v) is 18.7. The fourth-order valence-corrected chi connectivity index (χ4v) is 3.34. The van der Waals surface area contributed by atoms with Crippen LogP contribution in [0.3, 0.4) is 0 Å². The minimum Gasteiger partial charge on any atom is -0.481 e. The Balaban J connectivity index is 1.61. The van der Waals surface area contributed by atoms with Crippen LogP contribution in [-0.2, 0) is 9.53 Å². The molecule has 3 rings (SSSR count). The average Bonchev–Trinajstić information content (AvgIpc) is 3.05. The maximum Gasteiger partial charge on any atom is 0.340 e. The monoisotopic (exact) mass is 437 g/mol. The first-order chi connectivity index (χ1) is 15.2. The Labute approximate surface area is 186 Å². The number of ether oxygens (including phenoxy) is 2. The van der Waals surface area contributed by atoms with Gasteiger partial charge in [-0.2, -0.15) is 0 Å². The molecule has 8 nitrogen and oxygen atoms in total. The topological polar surface area (TPSA) is 110 Å². The van der Waals surface area contributed by atoms with Crippen molar-refractivity contribution < 1.29 is 23.9 Å². The molecule has 0 aliphatic rings. The van der Waals surface area contributed by atoms with Gasteiger partial charge in [0.05, 0.1) is 11.7 Å². The van der Waals surface area contributed by atoms with E-state index in [0.717, 1.165) is 10.8 Å². The molecular weight excluding hydrogens is 410 g/mol. The van der Waals surface area contributed by atoms with Gasteiger partial charge in [0.1, 0.15) is 11.4 Å². The zero-order chi connectivity index (χ0) is 23.4. The molecule has 1 heterocycles. The predicted octanol–water partition coefficient (Wildman–Crippen LogP) is 3.58. The predicted molar refractivity (Wildman–Crippen MR) is 120 cm³/mol. The number of aromatic amines is 1. The molecule has 168 valence electrons. The van der Waals surface area contributed by atoms with Crippen LogP contribution < -0.4 is 15.6 Å². The molecule has 0 radical (unpaired) electrons. The summed E-state index contributed by atoms with van der Waals surface area (Å²) in [5, 5.41) is 2.06. The lowest BCUT2D eigenvalue weighted by Crippen LogP contribution is -2.47. The highest BCUT2D eigenvalue weighted by atomic mass is 16.5. The number of hydrogen-bond donors (Lipinski definition) is 3. The molecule has 0 fully saturated rings. The number of rotatable bonds is 6. The highest BCUT2D eigenvalue weighted by Gasteiger charge is 2.24. The lowest BCUT2D eigenvalue weighted by atomic mass is 10.1. The summed E-state index contributed by atoms with van der Waals surface area (Å²) in [6.07, 6.45) is -1.13. The van der Waals surface area contributed by atoms with Crippen LogP contribution in [0.5, 0.6) is 5.75 Å². The van der Waals surface area contributed by atoms with Crippen LogP contribution in [-0.4, -0.2) is 35.0 Å². The lowest BCUT2D eigenvalue weighted by molar-refractivity contribution is -0.128. The SMILES string of the molecule is Cc1[nH]c(C(=O)NNC(=O)C(C)Oc2ccc3ccccc3c2)c(C)c1C(=O)OC(C)C. The molecule has 1 atom stereocenters. The highest BCUT2D eigenvalue weighted by molar-refractivity contribution is 6.01. The Bertz CT molecular complexity index is 1170. The molecule has 0 saturated heterocycles. The van der Waals surface area contributed by atoms with Crippen molar-refractivity contribution in [3.8, 4) is 5.75 Å². The van der Waals surface area contributed by atoms with Gasteiger partial charge in [-0.25, -0.2) is 4.79 Å². The number of benzene rings is 2. The van der Waals surface area contributed by atoms with E-state index in [-0.39, 0.29) is 11.8 Å². The number of hydrogen-bond acceptors (Lipinski definition) is 5. The number of amides is 2. The van der Waals surface area contributed by atoms with E-state index in [0.29, 0.717) is 22.6 Å². The number of aryl methyl sites for hydroxylation is 1. The number of fused-ring (bicyclic) bond motifs is 1. The Morgan fingerprint density at radius 1 is 0.938 bits per heavy atom. The van der Waals surface area contributed by atoms with Gasteiger partial charge in [-0.05, 0) is 63.1 Å². The average molecular weight is 437 g/mol. The van der Waals surface area contributed by atoms with Gasteiger partial charge in [-0.3, -0.25) is 20.4 Å². The normalized spacial score (nSPS) is 11.8. The van der Waals surface area contributed by atoms with Crippen LogP contribution >= 0.6 is 0 Å². The van der Waals surface area contributed by atoms with Crippen molar-refractivity contribution in [2.75, 3.05) is 0 Å². The number of carbonyl (C=O) groups excluding carboxylic acids is 3. The maximum atomic E-state index is 12.6. The molecule has 0 spiro atoms. The second kappa shape index (κ2) is 9.55. The molecule has 3 aromatic rings. The molecule has 1 aromatic heterocycles. The third kappa shape index (κ3) is 5.08. The molecule has 2 amide bonds. The van der Waals surface area contributed by atoms with Crippen molar-refractivity contribution in [1.29, 1.82) is 0 Å². The molecular formula is C24H27N3O5. The van der Waals surface area contributed by atoms with Gasteiger partial charge in [0.15, 0.2) is 6.10 Å². The Morgan fingerprint density at radius 3 is 2.31 bits per heavy atom. The van der Waals surface area contributed by atoms with Crippen LogP contribution in [0.2, 0.25) is 0 Å². The smallest absolute Gasteiger partial charge is 0.340 e. The fraction of sp³-hybridized carbons (Fsp3) is 0.292. The van der Waals surface area contributed by atoms with Gasteiger partial charge >= 0.3 is 5.97 Å². The Morgan fingerprint density at radius 2 is 1.62 bits per heavy atom. The van der Waals surface area contributed by atoms with Crippen molar-refractivity contribution >= 4 is 28.6 Å². The molecule has 0 bridgehead atoms. The maximum absolute atomic E-state index is 12.6. The zero-order valence-electron chi connectivity index (χ0n) is 18.7. The van der Waals surface area contributed by atoms with Gasteiger partial charge < -0.3 is 14.5 Å². The van der Waals surface area contributed by atoms with Gasteiger partial charge in [0, 0.05) is 5.69 Å². The molecule has 8 heteroatoms. The van der Waals surface area contributed by atoms with E-state index in [1.807, 2.05) is 36.4 Å². The molecule has 0 aliphatic carbocycles. The first-order valence-corrected chi connectivity index (χ1v) is 10.3. The van der Waals surface area contributed by atoms with E-state index in [9.17, 15) is 14.4 Å². The largest absolute Gasteiger partial charge is 0.481 e. The summed E-state index contributed by atoms with van der Waals surface area (Å²) in [7, 11) is 0. The standard InChI is InChI=1S/C24H27N3O5/c1-13(2)31-24(30)20-14(3)21(25-15(20)4)23(29)27-26-22(28)16(5)32-19-11-10-17-8-6-7-9-18(17)12-19/h6-13,16,25H,1-5H3,(H,26,28)(H,27,29). The van der Waals surface area contributed by atoms with Crippen molar-refractivity contribution in [3.63, 3.8) is 0 Å². The van der Waals surface area contributed by atoms with Crippen LogP contribution in [0, 0.1) is 13.8 Å². The number of esters is 1. The second-order valence-corrected chi connectivity index (χ2v) is 7.79. The van der Waals surface area contributed by atoms with E-state index >= 15 is 0 Å². The number of carbonyl (C=O) groups is 3. The molecule has 2 aromatic carbocycles. The molecule has 32 heavy (non-hydrogen) atoms. The van der Waals surface area contributed by atoms with E-state index in [1.165, 1.54) is 0 Å². The Hall–Kier alpha value is -3.81. The summed E-state index contributed by atoms with van der Waals surface area (Å²) in [5.74, 6) is -1.07. The quantitative estimate of drug-likeness (QED) is 0.403. The van der Waals surface area contributed by atoms with Gasteiger partial charge in [-0.15, -0.1) is 0 Å². The van der Waals surface area contributed by atoms with Crippen molar-refractivity contribution in [2.45, 2.75) is 46.8 Å². The second-order valence-electron chi connectivity index (χ2n) is 7.79. The van der Waals surface area contributed by atoms with E-state index in [2.05, 4.69) is 15.8 Å². The van der Waals surface area contributed by atoms with Crippen LogP contribution in [0.1, 0.15) is 52.9 Å². The summed E-state index contributed by atoms with van der Waals surface area (Å²) in [6.45, 7) is 8.40. The van der Waals surface area contributed by atoms with Crippen LogP contribution in [0.15, 0.2) is 42.5 Å². The lowest BCUT2D eigenvalue weighted by Gasteiger charge is -2.15. The van der Waals surface area contributed by atoms with E-state index in [4.69, 9.17) is 9.47 Å². The summed E-state index contributed by atoms with van der Waals surface area (Å²) in [4.78, 5) is 40.1. The van der Waals surface area contributed by atoms with E-state index in [1.54, 1.807) is 40.7 Å². The molecule has 3 N–H and O–H groups in total. The van der Waals surface area contributed by atoms with Crippen molar-refractivity contribution in [1.82, 2.24) is 15.8 Å². The van der Waals surface area contributed by atoms with Crippen molar-refractivity contribution in [2.24, 2.45) is 0 Å². The van der Waals surface area contributed by atoms with E-state index < -0.39 is 23.9 Å². The van der Waals surface area contributed by atoms with Crippen LogP contribution in [0.25, 0.3) is 10.8 Å². The van der Waals surface area contributed by atoms with Gasteiger partial charge in [-0.1, -0.05) is 30.3 Å². The highest BCUT2D eigenvalue weighted by Crippen LogP contribution is 2.22. The summed E-state index contributed by atoms with van der Waals surface area (Å²) in [6, 6.07) is 13.4. The third-order valence-electron chi connectivity index (χ3n) is 4.91.